The van der Waals surface area contributed by atoms with Crippen LogP contribution in [-0.4, -0.2) is 20.3 Å². The van der Waals surface area contributed by atoms with Crippen molar-refractivity contribution in [2.75, 3.05) is 17.2 Å². The molecule has 1 aromatic heterocycles. The first kappa shape index (κ1) is 13.0. The van der Waals surface area contributed by atoms with E-state index in [2.05, 4.69) is 0 Å². The van der Waals surface area contributed by atoms with Gasteiger partial charge in [0, 0.05) is 46.8 Å². The molecule has 5 heteroatoms. The van der Waals surface area contributed by atoms with Crippen molar-refractivity contribution in [1.29, 1.82) is 0 Å². The summed E-state index contributed by atoms with van der Waals surface area (Å²) in [5.74, 6) is 1.59. The normalized spacial score (nSPS) is 12.9. The van der Waals surface area contributed by atoms with Gasteiger partial charge in [0.05, 0.1) is 0 Å². The second-order valence-corrected chi connectivity index (χ2v) is 5.82. The summed E-state index contributed by atoms with van der Waals surface area (Å²) in [5.41, 5.74) is 6.03. The van der Waals surface area contributed by atoms with E-state index in [1.54, 1.807) is 12.3 Å². The second kappa shape index (κ2) is 5.84. The number of rotatable bonds is 5. The molecule has 1 heterocycles. The summed E-state index contributed by atoms with van der Waals surface area (Å²) in [6.07, 6.45) is 1.59. The molecular formula is C11H18N2O2S. The van der Waals surface area contributed by atoms with Crippen LogP contribution >= 0.6 is 0 Å². The van der Waals surface area contributed by atoms with E-state index in [1.807, 2.05) is 13.8 Å². The Bertz CT molecular complexity index is 426. The van der Waals surface area contributed by atoms with Gasteiger partial charge >= 0.3 is 0 Å². The maximum absolute atomic E-state index is 11.6. The maximum Gasteiger partial charge on any atom is 0.250 e. The molecule has 1 unspecified atom stereocenters. The van der Waals surface area contributed by atoms with E-state index in [-0.39, 0.29) is 5.56 Å². The van der Waals surface area contributed by atoms with Crippen LogP contribution in [0.4, 0.5) is 5.69 Å². The highest BCUT2D eigenvalue weighted by atomic mass is 32.2. The molecule has 1 atom stereocenters. The number of aromatic nitrogens is 1. The summed E-state index contributed by atoms with van der Waals surface area (Å²) in [5, 5.41) is 0. The molecule has 1 rings (SSSR count). The molecule has 16 heavy (non-hydrogen) atoms. The Morgan fingerprint density at radius 2 is 2.12 bits per heavy atom. The van der Waals surface area contributed by atoms with Crippen LogP contribution in [-0.2, 0) is 17.3 Å². The van der Waals surface area contributed by atoms with E-state index in [0.717, 1.165) is 0 Å². The molecule has 2 N–H and O–H groups in total. The van der Waals surface area contributed by atoms with Gasteiger partial charge in [0.25, 0.3) is 5.56 Å². The molecule has 0 saturated heterocycles. The van der Waals surface area contributed by atoms with Crippen LogP contribution in [0.15, 0.2) is 23.1 Å². The third kappa shape index (κ3) is 4.18. The average molecular weight is 242 g/mol. The lowest BCUT2D eigenvalue weighted by Gasteiger charge is -2.07. The fraction of sp³-hybridized carbons (Fsp3) is 0.545. The van der Waals surface area contributed by atoms with E-state index in [1.165, 1.54) is 10.6 Å². The fourth-order valence-electron chi connectivity index (χ4n) is 1.38. The van der Waals surface area contributed by atoms with Crippen molar-refractivity contribution in [3.05, 3.63) is 28.7 Å². The zero-order valence-corrected chi connectivity index (χ0v) is 10.5. The van der Waals surface area contributed by atoms with Gasteiger partial charge in [0.2, 0.25) is 0 Å². The Morgan fingerprint density at radius 1 is 1.44 bits per heavy atom. The number of nitrogens with two attached hydrogens (primary N) is 1. The van der Waals surface area contributed by atoms with Gasteiger partial charge in [0.15, 0.2) is 0 Å². The lowest BCUT2D eigenvalue weighted by molar-refractivity contribution is 0.653. The Morgan fingerprint density at radius 3 is 2.75 bits per heavy atom. The summed E-state index contributed by atoms with van der Waals surface area (Å²) in [4.78, 5) is 11.4. The molecule has 0 aliphatic rings. The zero-order valence-electron chi connectivity index (χ0n) is 9.68. The Kier molecular flexibility index (Phi) is 4.73. The Balaban J connectivity index is 2.58. The van der Waals surface area contributed by atoms with E-state index < -0.39 is 10.8 Å². The molecule has 0 fully saturated rings. The second-order valence-electron chi connectivity index (χ2n) is 4.20. The van der Waals surface area contributed by atoms with Crippen molar-refractivity contribution in [3.63, 3.8) is 0 Å². The topological polar surface area (TPSA) is 65.1 Å². The molecule has 4 nitrogen and oxygen atoms in total. The van der Waals surface area contributed by atoms with Gasteiger partial charge in [0.1, 0.15) is 0 Å². The molecule has 90 valence electrons. The van der Waals surface area contributed by atoms with Crippen LogP contribution in [0, 0.1) is 5.92 Å². The third-order valence-corrected chi connectivity index (χ3v) is 3.76. The van der Waals surface area contributed by atoms with Gasteiger partial charge in [-0.3, -0.25) is 9.00 Å². The standard InChI is InChI=1S/C11H18N2O2S/c1-9(2)8-16(15)6-5-13-7-10(12)3-4-11(13)14/h3-4,7,9H,5-6,8,12H2,1-2H3. The highest BCUT2D eigenvalue weighted by molar-refractivity contribution is 7.84. The van der Waals surface area contributed by atoms with Crippen molar-refractivity contribution in [3.8, 4) is 0 Å². The van der Waals surface area contributed by atoms with Gasteiger partial charge in [-0.25, -0.2) is 0 Å². The van der Waals surface area contributed by atoms with E-state index >= 15 is 0 Å². The lowest BCUT2D eigenvalue weighted by atomic mass is 10.3. The number of pyridine rings is 1. The molecular weight excluding hydrogens is 224 g/mol. The monoisotopic (exact) mass is 242 g/mol. The highest BCUT2D eigenvalue weighted by Gasteiger charge is 2.04. The van der Waals surface area contributed by atoms with Gasteiger partial charge in [-0.2, -0.15) is 0 Å². The van der Waals surface area contributed by atoms with Crippen LogP contribution < -0.4 is 11.3 Å². The van der Waals surface area contributed by atoms with Crippen LogP contribution in [0.25, 0.3) is 0 Å². The summed E-state index contributed by atoms with van der Waals surface area (Å²) in [6, 6.07) is 3.00. The smallest absolute Gasteiger partial charge is 0.250 e. The first-order valence-electron chi connectivity index (χ1n) is 5.30. The fourth-order valence-corrected chi connectivity index (χ4v) is 2.69. The van der Waals surface area contributed by atoms with Gasteiger partial charge in [-0.05, 0) is 12.0 Å². The first-order valence-corrected chi connectivity index (χ1v) is 6.79. The number of anilines is 1. The van der Waals surface area contributed by atoms with Crippen molar-refractivity contribution < 1.29 is 4.21 Å². The molecule has 0 radical (unpaired) electrons. The minimum absolute atomic E-state index is 0.101. The van der Waals surface area contributed by atoms with Crippen LogP contribution in [0.1, 0.15) is 13.8 Å². The molecule has 0 amide bonds. The molecule has 0 aliphatic carbocycles. The van der Waals surface area contributed by atoms with E-state index in [0.29, 0.717) is 29.7 Å². The lowest BCUT2D eigenvalue weighted by Crippen LogP contribution is -2.23. The summed E-state index contributed by atoms with van der Waals surface area (Å²) < 4.78 is 13.1. The molecule has 0 saturated carbocycles. The molecule has 1 aromatic rings. The predicted octanol–water partition coefficient (Wildman–Crippen LogP) is 0.835. The zero-order chi connectivity index (χ0) is 12.1. The SMILES string of the molecule is CC(C)CS(=O)CCn1cc(N)ccc1=O. The summed E-state index contributed by atoms with van der Waals surface area (Å²) in [6.45, 7) is 4.53. The van der Waals surface area contributed by atoms with Crippen LogP contribution in [0.2, 0.25) is 0 Å². The molecule has 0 spiro atoms. The van der Waals surface area contributed by atoms with Crippen molar-refractivity contribution >= 4 is 16.5 Å². The van der Waals surface area contributed by atoms with Crippen molar-refractivity contribution in [1.82, 2.24) is 4.57 Å². The van der Waals surface area contributed by atoms with Crippen molar-refractivity contribution in [2.45, 2.75) is 20.4 Å². The highest BCUT2D eigenvalue weighted by Crippen LogP contribution is 1.99. The van der Waals surface area contributed by atoms with E-state index in [9.17, 15) is 9.00 Å². The Hall–Kier alpha value is -1.10. The third-order valence-electron chi connectivity index (χ3n) is 2.09. The van der Waals surface area contributed by atoms with Crippen molar-refractivity contribution in [2.24, 2.45) is 5.92 Å². The quantitative estimate of drug-likeness (QED) is 0.832. The minimum Gasteiger partial charge on any atom is -0.398 e. The summed E-state index contributed by atoms with van der Waals surface area (Å²) >= 11 is 0. The van der Waals surface area contributed by atoms with E-state index in [4.69, 9.17) is 5.73 Å². The van der Waals surface area contributed by atoms with Crippen LogP contribution in [0.5, 0.6) is 0 Å². The van der Waals surface area contributed by atoms with Crippen LogP contribution in [0.3, 0.4) is 0 Å². The number of nitrogen functional groups attached to an aromatic ring is 1. The number of nitrogens with zero attached hydrogens (tertiary/aromatic N) is 1. The largest absolute Gasteiger partial charge is 0.398 e. The minimum atomic E-state index is -0.866. The molecule has 0 bridgehead atoms. The van der Waals surface area contributed by atoms with Gasteiger partial charge in [-0.1, -0.05) is 13.8 Å². The molecule has 0 aromatic carbocycles. The first-order chi connectivity index (χ1) is 7.49. The number of hydrogen-bond acceptors (Lipinski definition) is 3. The molecule has 0 aliphatic heterocycles. The predicted molar refractivity (Wildman–Crippen MR) is 67.8 cm³/mol. The maximum atomic E-state index is 11.6. The van der Waals surface area contributed by atoms with Gasteiger partial charge < -0.3 is 10.3 Å². The summed E-state index contributed by atoms with van der Waals surface area (Å²) in [7, 11) is -0.866. The average Bonchev–Trinajstić information content (AvgIpc) is 2.18. The number of aryl methyl sites for hydroxylation is 1. The van der Waals surface area contributed by atoms with Gasteiger partial charge in [-0.15, -0.1) is 0 Å². The number of hydrogen-bond donors (Lipinski definition) is 1. The Labute approximate surface area is 97.9 Å².